The van der Waals surface area contributed by atoms with E-state index < -0.39 is 18.1 Å². The molecule has 0 aliphatic carbocycles. The SMILES string of the molecule is C[Si](C)(C)c1ccc(CS(N)(=O)=O)cc1. The van der Waals surface area contributed by atoms with Gasteiger partial charge in [0.1, 0.15) is 0 Å². The van der Waals surface area contributed by atoms with Crippen molar-refractivity contribution in [3.8, 4) is 0 Å². The molecule has 0 spiro atoms. The van der Waals surface area contributed by atoms with Gasteiger partial charge in [-0.3, -0.25) is 0 Å². The fraction of sp³-hybridized carbons (Fsp3) is 0.400. The number of sulfonamides is 1. The number of rotatable bonds is 3. The molecule has 1 aromatic rings. The van der Waals surface area contributed by atoms with Gasteiger partial charge in [0.2, 0.25) is 10.0 Å². The highest BCUT2D eigenvalue weighted by Crippen LogP contribution is 2.06. The average Bonchev–Trinajstić information content (AvgIpc) is 2.00. The summed E-state index contributed by atoms with van der Waals surface area (Å²) in [6.45, 7) is 6.76. The van der Waals surface area contributed by atoms with E-state index in [1.54, 1.807) is 0 Å². The summed E-state index contributed by atoms with van der Waals surface area (Å²) in [6, 6.07) is 7.70. The van der Waals surface area contributed by atoms with Crippen molar-refractivity contribution in [3.05, 3.63) is 29.8 Å². The molecule has 84 valence electrons. The van der Waals surface area contributed by atoms with Crippen molar-refractivity contribution >= 4 is 23.3 Å². The zero-order chi connectivity index (χ0) is 11.7. The van der Waals surface area contributed by atoms with E-state index in [2.05, 4.69) is 19.6 Å². The summed E-state index contributed by atoms with van der Waals surface area (Å²) in [6.07, 6.45) is 0. The molecular weight excluding hydrogens is 226 g/mol. The maximum absolute atomic E-state index is 10.9. The van der Waals surface area contributed by atoms with E-state index in [1.165, 1.54) is 5.19 Å². The molecule has 0 saturated carbocycles. The number of hydrogen-bond acceptors (Lipinski definition) is 2. The number of nitrogens with two attached hydrogens (primary N) is 1. The molecule has 0 amide bonds. The summed E-state index contributed by atoms with van der Waals surface area (Å²) >= 11 is 0. The van der Waals surface area contributed by atoms with Gasteiger partial charge in [-0.25, -0.2) is 13.6 Å². The molecule has 0 saturated heterocycles. The quantitative estimate of drug-likeness (QED) is 0.806. The molecule has 1 aromatic carbocycles. The molecule has 0 atom stereocenters. The Bertz CT molecular complexity index is 431. The van der Waals surface area contributed by atoms with Crippen molar-refractivity contribution in [2.75, 3.05) is 0 Å². The predicted molar refractivity (Wildman–Crippen MR) is 66.2 cm³/mol. The van der Waals surface area contributed by atoms with Crippen LogP contribution < -0.4 is 10.3 Å². The lowest BCUT2D eigenvalue weighted by Gasteiger charge is -2.16. The van der Waals surface area contributed by atoms with Gasteiger partial charge in [0.15, 0.2) is 0 Å². The first-order valence-electron chi connectivity index (χ1n) is 4.78. The molecule has 0 unspecified atom stereocenters. The van der Waals surface area contributed by atoms with Crippen LogP contribution in [0.2, 0.25) is 19.6 Å². The van der Waals surface area contributed by atoms with Crippen LogP contribution in [-0.2, 0) is 15.8 Å². The second-order valence-electron chi connectivity index (χ2n) is 4.75. The highest BCUT2D eigenvalue weighted by molar-refractivity contribution is 7.88. The fourth-order valence-electron chi connectivity index (χ4n) is 1.33. The second kappa shape index (κ2) is 4.07. The van der Waals surface area contributed by atoms with Crippen LogP contribution in [-0.4, -0.2) is 16.5 Å². The van der Waals surface area contributed by atoms with Gasteiger partial charge in [-0.15, -0.1) is 0 Å². The Morgan fingerprint density at radius 2 is 1.60 bits per heavy atom. The maximum atomic E-state index is 10.9. The first kappa shape index (κ1) is 12.4. The Morgan fingerprint density at radius 1 is 1.13 bits per heavy atom. The summed E-state index contributed by atoms with van der Waals surface area (Å²) in [5, 5.41) is 6.29. The van der Waals surface area contributed by atoms with E-state index in [-0.39, 0.29) is 5.75 Å². The molecule has 0 bridgehead atoms. The minimum atomic E-state index is -3.41. The Balaban J connectivity index is 2.91. The summed E-state index contributed by atoms with van der Waals surface area (Å²) in [5.74, 6) is -0.0843. The van der Waals surface area contributed by atoms with E-state index in [1.807, 2.05) is 24.3 Å². The standard InChI is InChI=1S/C10H17NO2SSi/c1-15(2,3)10-6-4-9(5-7-10)8-14(11,12)13/h4-7H,8H2,1-3H3,(H2,11,12,13). The van der Waals surface area contributed by atoms with Crippen LogP contribution in [0.15, 0.2) is 24.3 Å². The average molecular weight is 243 g/mol. The Labute approximate surface area is 92.4 Å². The van der Waals surface area contributed by atoms with Crippen LogP contribution in [0.5, 0.6) is 0 Å². The minimum absolute atomic E-state index is 0.0843. The summed E-state index contributed by atoms with van der Waals surface area (Å²) in [7, 11) is -4.71. The van der Waals surface area contributed by atoms with Gasteiger partial charge in [0.25, 0.3) is 0 Å². The van der Waals surface area contributed by atoms with Crippen LogP contribution in [0.3, 0.4) is 0 Å². The Hall–Kier alpha value is -0.653. The molecule has 0 aliphatic rings. The second-order valence-corrected chi connectivity index (χ2v) is 11.4. The molecule has 15 heavy (non-hydrogen) atoms. The molecule has 5 heteroatoms. The zero-order valence-electron chi connectivity index (χ0n) is 9.32. The lowest BCUT2D eigenvalue weighted by atomic mass is 10.2. The molecular formula is C10H17NO2SSi. The maximum Gasteiger partial charge on any atom is 0.213 e. The molecule has 0 heterocycles. The smallest absolute Gasteiger partial charge is 0.213 e. The third kappa shape index (κ3) is 4.15. The van der Waals surface area contributed by atoms with E-state index >= 15 is 0 Å². The van der Waals surface area contributed by atoms with Gasteiger partial charge in [-0.2, -0.15) is 0 Å². The summed E-state index contributed by atoms with van der Waals surface area (Å²) < 4.78 is 21.7. The summed E-state index contributed by atoms with van der Waals surface area (Å²) in [4.78, 5) is 0. The largest absolute Gasteiger partial charge is 0.228 e. The zero-order valence-corrected chi connectivity index (χ0v) is 11.1. The highest BCUT2D eigenvalue weighted by atomic mass is 32.2. The third-order valence-electron chi connectivity index (χ3n) is 2.19. The Kier molecular flexibility index (Phi) is 3.37. The van der Waals surface area contributed by atoms with Gasteiger partial charge < -0.3 is 0 Å². The minimum Gasteiger partial charge on any atom is -0.228 e. The van der Waals surface area contributed by atoms with Gasteiger partial charge in [0, 0.05) is 0 Å². The van der Waals surface area contributed by atoms with E-state index in [9.17, 15) is 8.42 Å². The van der Waals surface area contributed by atoms with Gasteiger partial charge in [0.05, 0.1) is 13.8 Å². The first-order valence-corrected chi connectivity index (χ1v) is 10.00. The molecule has 0 fully saturated rings. The van der Waals surface area contributed by atoms with Crippen molar-refractivity contribution in [2.24, 2.45) is 5.14 Å². The van der Waals surface area contributed by atoms with Crippen LogP contribution in [0.25, 0.3) is 0 Å². The van der Waals surface area contributed by atoms with Crippen LogP contribution >= 0.6 is 0 Å². The number of hydrogen-bond donors (Lipinski definition) is 1. The molecule has 0 radical (unpaired) electrons. The lowest BCUT2D eigenvalue weighted by Crippen LogP contribution is -2.37. The monoisotopic (exact) mass is 243 g/mol. The first-order chi connectivity index (χ1) is 6.68. The molecule has 3 nitrogen and oxygen atoms in total. The molecule has 0 aliphatic heterocycles. The van der Waals surface area contributed by atoms with Crippen LogP contribution in [0.1, 0.15) is 5.56 Å². The molecule has 2 N–H and O–H groups in total. The van der Waals surface area contributed by atoms with Gasteiger partial charge in [-0.1, -0.05) is 49.1 Å². The Morgan fingerprint density at radius 3 is 1.93 bits per heavy atom. The summed E-state index contributed by atoms with van der Waals surface area (Å²) in [5.41, 5.74) is 0.750. The number of benzene rings is 1. The van der Waals surface area contributed by atoms with Crippen molar-refractivity contribution in [1.29, 1.82) is 0 Å². The predicted octanol–water partition coefficient (Wildman–Crippen LogP) is 1.02. The highest BCUT2D eigenvalue weighted by Gasteiger charge is 2.16. The van der Waals surface area contributed by atoms with Crippen LogP contribution in [0, 0.1) is 0 Å². The molecule has 0 aromatic heterocycles. The van der Waals surface area contributed by atoms with Gasteiger partial charge in [-0.05, 0) is 5.56 Å². The fourth-order valence-corrected chi connectivity index (χ4v) is 3.16. The number of primary sulfonamides is 1. The lowest BCUT2D eigenvalue weighted by molar-refractivity contribution is 0.597. The normalized spacial score (nSPS) is 12.8. The topological polar surface area (TPSA) is 60.2 Å². The van der Waals surface area contributed by atoms with Crippen molar-refractivity contribution in [1.82, 2.24) is 0 Å². The van der Waals surface area contributed by atoms with Gasteiger partial charge >= 0.3 is 0 Å². The van der Waals surface area contributed by atoms with Crippen molar-refractivity contribution in [2.45, 2.75) is 25.4 Å². The van der Waals surface area contributed by atoms with E-state index in [0.717, 1.165) is 5.56 Å². The van der Waals surface area contributed by atoms with Crippen molar-refractivity contribution < 1.29 is 8.42 Å². The van der Waals surface area contributed by atoms with Crippen LogP contribution in [0.4, 0.5) is 0 Å². The van der Waals surface area contributed by atoms with E-state index in [4.69, 9.17) is 5.14 Å². The molecule has 1 rings (SSSR count). The third-order valence-corrected chi connectivity index (χ3v) is 4.99. The van der Waals surface area contributed by atoms with Crippen molar-refractivity contribution in [3.63, 3.8) is 0 Å². The van der Waals surface area contributed by atoms with E-state index in [0.29, 0.717) is 0 Å².